The van der Waals surface area contributed by atoms with Gasteiger partial charge in [-0.2, -0.15) is 0 Å². The normalized spacial score (nSPS) is 22.0. The maximum atomic E-state index is 12.7. The van der Waals surface area contributed by atoms with Crippen LogP contribution in [-0.2, 0) is 4.79 Å². The predicted molar refractivity (Wildman–Crippen MR) is 113 cm³/mol. The van der Waals surface area contributed by atoms with Gasteiger partial charge in [-0.25, -0.2) is 4.98 Å². The molecule has 1 aliphatic heterocycles. The van der Waals surface area contributed by atoms with Crippen molar-refractivity contribution in [1.82, 2.24) is 20.2 Å². The second kappa shape index (κ2) is 7.30. The molecule has 29 heavy (non-hydrogen) atoms. The molecule has 2 N–H and O–H groups in total. The summed E-state index contributed by atoms with van der Waals surface area (Å²) in [7, 11) is 0. The van der Waals surface area contributed by atoms with Gasteiger partial charge in [0.1, 0.15) is 5.82 Å². The number of carbonyl (C=O) groups excluding carboxylic acids is 2. The van der Waals surface area contributed by atoms with Gasteiger partial charge in [0, 0.05) is 29.8 Å². The Balaban J connectivity index is 1.20. The molecule has 3 aromatic rings. The van der Waals surface area contributed by atoms with Crippen LogP contribution in [-0.4, -0.2) is 39.8 Å². The van der Waals surface area contributed by atoms with E-state index >= 15 is 0 Å². The van der Waals surface area contributed by atoms with E-state index in [4.69, 9.17) is 0 Å². The minimum atomic E-state index is -0.107. The molecule has 1 saturated carbocycles. The number of hydrogen-bond donors (Lipinski definition) is 2. The third-order valence-corrected chi connectivity index (χ3v) is 7.16. The fraction of sp³-hybridized carbons (Fsp3) is 0.409. The van der Waals surface area contributed by atoms with E-state index in [-0.39, 0.29) is 29.7 Å². The number of nitrogens with zero attached hydrogens (tertiary/aromatic N) is 2. The Morgan fingerprint density at radius 2 is 2.00 bits per heavy atom. The van der Waals surface area contributed by atoms with Crippen LogP contribution in [0.5, 0.6) is 0 Å². The Bertz CT molecular complexity index is 1030. The first-order valence-electron chi connectivity index (χ1n) is 10.2. The van der Waals surface area contributed by atoms with Gasteiger partial charge >= 0.3 is 0 Å². The number of H-pyrrole nitrogens is 1. The standard InChI is InChI=1S/C22H24N4O2S/c1-13(18-8-9-19(29-18)22(28)26-10-4-5-11-26)23-21(27)15-12-14(15)20-24-16-6-2-3-7-17(16)25-20/h2-3,6-9,13-15H,4-5,10-12H2,1H3,(H,23,27)(H,24,25)/t13-,14-,15-/m1/s1. The number of hydrogen-bond acceptors (Lipinski definition) is 4. The SMILES string of the molecule is C[C@@H](NC(=O)[C@@H]1C[C@H]1c1nc2ccccc2[nH]1)c1ccc(C(=O)N2CCCC2)s1. The number of thiophene rings is 1. The molecular weight excluding hydrogens is 384 g/mol. The number of benzene rings is 1. The van der Waals surface area contributed by atoms with Crippen molar-refractivity contribution in [1.29, 1.82) is 0 Å². The predicted octanol–water partition coefficient (Wildman–Crippen LogP) is 3.84. The molecule has 150 valence electrons. The molecule has 3 heterocycles. The average Bonchev–Trinajstić information content (AvgIpc) is 3.16. The monoisotopic (exact) mass is 408 g/mol. The lowest BCUT2D eigenvalue weighted by molar-refractivity contribution is -0.123. The number of fused-ring (bicyclic) bond motifs is 1. The molecule has 0 unspecified atom stereocenters. The zero-order valence-corrected chi connectivity index (χ0v) is 17.2. The summed E-state index contributed by atoms with van der Waals surface area (Å²) >= 11 is 1.49. The van der Waals surface area contributed by atoms with Crippen molar-refractivity contribution in [3.8, 4) is 0 Å². The van der Waals surface area contributed by atoms with Gasteiger partial charge in [-0.05, 0) is 50.5 Å². The summed E-state index contributed by atoms with van der Waals surface area (Å²) in [6, 6.07) is 11.7. The number of para-hydroxylation sites is 2. The van der Waals surface area contributed by atoms with Gasteiger partial charge in [0.15, 0.2) is 0 Å². The lowest BCUT2D eigenvalue weighted by Gasteiger charge is -2.14. The molecule has 1 saturated heterocycles. The van der Waals surface area contributed by atoms with Crippen molar-refractivity contribution < 1.29 is 9.59 Å². The van der Waals surface area contributed by atoms with Crippen LogP contribution >= 0.6 is 11.3 Å². The summed E-state index contributed by atoms with van der Waals surface area (Å²) in [6.45, 7) is 3.68. The third-order valence-electron chi connectivity index (χ3n) is 5.90. The van der Waals surface area contributed by atoms with E-state index in [1.165, 1.54) is 11.3 Å². The number of rotatable bonds is 5. The highest BCUT2D eigenvalue weighted by atomic mass is 32.1. The van der Waals surface area contributed by atoms with Crippen LogP contribution in [0.25, 0.3) is 11.0 Å². The van der Waals surface area contributed by atoms with E-state index in [9.17, 15) is 9.59 Å². The molecule has 2 amide bonds. The Labute approximate surface area is 173 Å². The number of imidazole rings is 1. The zero-order chi connectivity index (χ0) is 20.0. The van der Waals surface area contributed by atoms with Crippen LogP contribution in [0.1, 0.15) is 58.5 Å². The molecule has 3 atom stereocenters. The Morgan fingerprint density at radius 1 is 1.21 bits per heavy atom. The summed E-state index contributed by atoms with van der Waals surface area (Å²) < 4.78 is 0. The summed E-state index contributed by atoms with van der Waals surface area (Å²) in [5, 5.41) is 3.12. The molecule has 2 aromatic heterocycles. The molecule has 0 bridgehead atoms. The largest absolute Gasteiger partial charge is 0.349 e. The smallest absolute Gasteiger partial charge is 0.263 e. The van der Waals surface area contributed by atoms with E-state index in [0.29, 0.717) is 0 Å². The van der Waals surface area contributed by atoms with Crippen molar-refractivity contribution in [3.63, 3.8) is 0 Å². The van der Waals surface area contributed by atoms with E-state index < -0.39 is 0 Å². The summed E-state index contributed by atoms with van der Waals surface area (Å²) in [5.41, 5.74) is 1.95. The molecule has 1 aliphatic carbocycles. The van der Waals surface area contributed by atoms with E-state index in [1.54, 1.807) is 0 Å². The lowest BCUT2D eigenvalue weighted by atomic mass is 10.2. The molecule has 5 rings (SSSR count). The van der Waals surface area contributed by atoms with Crippen LogP contribution in [0.2, 0.25) is 0 Å². The fourth-order valence-corrected chi connectivity index (χ4v) is 5.08. The van der Waals surface area contributed by atoms with E-state index in [0.717, 1.165) is 59.0 Å². The van der Waals surface area contributed by atoms with Crippen LogP contribution < -0.4 is 5.32 Å². The number of aromatic amines is 1. The Morgan fingerprint density at radius 3 is 2.79 bits per heavy atom. The quantitative estimate of drug-likeness (QED) is 0.673. The number of likely N-dealkylation sites (tertiary alicyclic amines) is 1. The lowest BCUT2D eigenvalue weighted by Crippen LogP contribution is -2.28. The Hall–Kier alpha value is -2.67. The van der Waals surface area contributed by atoms with Gasteiger partial charge in [-0.3, -0.25) is 9.59 Å². The highest BCUT2D eigenvalue weighted by Gasteiger charge is 2.46. The van der Waals surface area contributed by atoms with Crippen molar-refractivity contribution in [2.24, 2.45) is 5.92 Å². The molecule has 2 fully saturated rings. The van der Waals surface area contributed by atoms with Crippen LogP contribution in [0.3, 0.4) is 0 Å². The van der Waals surface area contributed by atoms with Crippen molar-refractivity contribution in [3.05, 3.63) is 52.0 Å². The summed E-state index contributed by atoms with van der Waals surface area (Å²) in [4.78, 5) is 36.9. The van der Waals surface area contributed by atoms with Gasteiger partial charge in [0.25, 0.3) is 5.91 Å². The van der Waals surface area contributed by atoms with E-state index in [2.05, 4.69) is 15.3 Å². The Kier molecular flexibility index (Phi) is 4.62. The van der Waals surface area contributed by atoms with Crippen LogP contribution in [0.4, 0.5) is 0 Å². The number of carbonyl (C=O) groups is 2. The van der Waals surface area contributed by atoms with Crippen molar-refractivity contribution in [2.45, 2.75) is 38.1 Å². The maximum absolute atomic E-state index is 12.7. The minimum absolute atomic E-state index is 0.0383. The van der Waals surface area contributed by atoms with Crippen molar-refractivity contribution >= 4 is 34.2 Å². The molecule has 1 aromatic carbocycles. The third kappa shape index (κ3) is 3.55. The fourth-order valence-electron chi connectivity index (χ4n) is 4.10. The van der Waals surface area contributed by atoms with Gasteiger partial charge in [-0.1, -0.05) is 12.1 Å². The molecule has 7 heteroatoms. The molecule has 0 spiro atoms. The van der Waals surface area contributed by atoms with Crippen LogP contribution in [0, 0.1) is 5.92 Å². The van der Waals surface area contributed by atoms with E-state index in [1.807, 2.05) is 48.2 Å². The number of aromatic nitrogens is 2. The van der Waals surface area contributed by atoms with Gasteiger partial charge in [-0.15, -0.1) is 11.3 Å². The molecule has 0 radical (unpaired) electrons. The molecular formula is C22H24N4O2S. The zero-order valence-electron chi connectivity index (χ0n) is 16.4. The summed E-state index contributed by atoms with van der Waals surface area (Å²) in [6.07, 6.45) is 3.00. The van der Waals surface area contributed by atoms with Gasteiger partial charge < -0.3 is 15.2 Å². The molecule has 6 nitrogen and oxygen atoms in total. The minimum Gasteiger partial charge on any atom is -0.349 e. The van der Waals surface area contributed by atoms with Crippen LogP contribution in [0.15, 0.2) is 36.4 Å². The first-order valence-corrected chi connectivity index (χ1v) is 11.1. The highest BCUT2D eigenvalue weighted by Crippen LogP contribution is 2.47. The summed E-state index contributed by atoms with van der Waals surface area (Å²) in [5.74, 6) is 1.19. The van der Waals surface area contributed by atoms with Crippen molar-refractivity contribution in [2.75, 3.05) is 13.1 Å². The second-order valence-corrected chi connectivity index (χ2v) is 9.13. The maximum Gasteiger partial charge on any atom is 0.263 e. The van der Waals surface area contributed by atoms with Gasteiger partial charge in [0.05, 0.1) is 22.0 Å². The topological polar surface area (TPSA) is 78.1 Å². The average molecular weight is 409 g/mol. The first-order chi connectivity index (χ1) is 14.1. The molecule has 2 aliphatic rings. The number of amides is 2. The number of nitrogens with one attached hydrogen (secondary N) is 2. The first kappa shape index (κ1) is 18.4. The van der Waals surface area contributed by atoms with Gasteiger partial charge in [0.2, 0.25) is 5.91 Å². The highest BCUT2D eigenvalue weighted by molar-refractivity contribution is 7.14. The second-order valence-electron chi connectivity index (χ2n) is 8.02.